The van der Waals surface area contributed by atoms with Crippen molar-refractivity contribution < 1.29 is 14.3 Å². The molecule has 2 aliphatic heterocycles. The lowest BCUT2D eigenvalue weighted by atomic mass is 9.90. The van der Waals surface area contributed by atoms with Crippen LogP contribution in [0.15, 0.2) is 53.5 Å². The number of guanidine groups is 1. The van der Waals surface area contributed by atoms with Gasteiger partial charge in [0.25, 0.3) is 0 Å². The van der Waals surface area contributed by atoms with Crippen LogP contribution in [0.4, 0.5) is 5.69 Å². The van der Waals surface area contributed by atoms with Crippen molar-refractivity contribution in [1.82, 2.24) is 4.90 Å². The molecule has 3 N–H and O–H groups in total. The minimum atomic E-state index is 0. The molecular weight excluding hydrogens is 519 g/mol. The SMILES string of the molecule is I.NC(=NCC(=O)N1CCC(Cc2ccccc2)CC1)Nc1ccc2c(c1)OCCCO2. The van der Waals surface area contributed by atoms with Crippen LogP contribution in [0.2, 0.25) is 0 Å². The van der Waals surface area contributed by atoms with Crippen LogP contribution in [0.5, 0.6) is 11.5 Å². The van der Waals surface area contributed by atoms with Crippen LogP contribution in [0, 0.1) is 5.92 Å². The number of ether oxygens (including phenoxy) is 2. The van der Waals surface area contributed by atoms with E-state index in [0.29, 0.717) is 24.9 Å². The number of hydrogen-bond donors (Lipinski definition) is 2. The summed E-state index contributed by atoms with van der Waals surface area (Å²) in [5.74, 6) is 2.26. The van der Waals surface area contributed by atoms with Gasteiger partial charge in [-0.1, -0.05) is 30.3 Å². The molecule has 8 heteroatoms. The Morgan fingerprint density at radius 3 is 2.53 bits per heavy atom. The normalized spacial score (nSPS) is 16.6. The second kappa shape index (κ2) is 11.9. The molecule has 0 aliphatic carbocycles. The van der Waals surface area contributed by atoms with Crippen molar-refractivity contribution in [2.45, 2.75) is 25.7 Å². The number of hydrogen-bond acceptors (Lipinski definition) is 4. The average Bonchev–Trinajstić information content (AvgIpc) is 3.04. The van der Waals surface area contributed by atoms with E-state index in [-0.39, 0.29) is 42.4 Å². The Balaban J connectivity index is 0.00000289. The molecule has 0 saturated carbocycles. The summed E-state index contributed by atoms with van der Waals surface area (Å²) in [5.41, 5.74) is 8.11. The van der Waals surface area contributed by atoms with Gasteiger partial charge >= 0.3 is 0 Å². The Bertz CT molecular complexity index is 915. The Labute approximate surface area is 206 Å². The first-order valence-electron chi connectivity index (χ1n) is 11.0. The Kier molecular flexibility index (Phi) is 9.01. The van der Waals surface area contributed by atoms with Gasteiger partial charge in [0.05, 0.1) is 13.2 Å². The van der Waals surface area contributed by atoms with Crippen molar-refractivity contribution in [2.24, 2.45) is 16.6 Å². The third-order valence-electron chi connectivity index (χ3n) is 5.74. The minimum absolute atomic E-state index is 0. The number of carbonyl (C=O) groups is 1. The Morgan fingerprint density at radius 2 is 1.78 bits per heavy atom. The van der Waals surface area contributed by atoms with Crippen LogP contribution >= 0.6 is 24.0 Å². The van der Waals surface area contributed by atoms with E-state index < -0.39 is 0 Å². The highest BCUT2D eigenvalue weighted by molar-refractivity contribution is 14.0. The van der Waals surface area contributed by atoms with Crippen molar-refractivity contribution in [3.05, 3.63) is 54.1 Å². The lowest BCUT2D eigenvalue weighted by Gasteiger charge is -2.31. The maximum Gasteiger partial charge on any atom is 0.244 e. The van der Waals surface area contributed by atoms with E-state index in [0.717, 1.165) is 50.2 Å². The van der Waals surface area contributed by atoms with E-state index in [1.807, 2.05) is 29.2 Å². The van der Waals surface area contributed by atoms with Gasteiger partial charge in [0.15, 0.2) is 17.5 Å². The summed E-state index contributed by atoms with van der Waals surface area (Å²) in [6, 6.07) is 16.1. The van der Waals surface area contributed by atoms with Gasteiger partial charge < -0.3 is 25.4 Å². The minimum Gasteiger partial charge on any atom is -0.490 e. The quantitative estimate of drug-likeness (QED) is 0.337. The summed E-state index contributed by atoms with van der Waals surface area (Å²) in [6.45, 7) is 2.88. The molecule has 1 amide bonds. The predicted molar refractivity (Wildman–Crippen MR) is 137 cm³/mol. The van der Waals surface area contributed by atoms with Gasteiger partial charge in [0.1, 0.15) is 6.54 Å². The number of nitrogens with one attached hydrogen (secondary N) is 1. The molecule has 2 aromatic rings. The summed E-state index contributed by atoms with van der Waals surface area (Å²) < 4.78 is 11.3. The first-order valence-corrected chi connectivity index (χ1v) is 11.0. The number of aliphatic imine (C=N–C) groups is 1. The van der Waals surface area contributed by atoms with Crippen molar-refractivity contribution in [1.29, 1.82) is 0 Å². The molecule has 4 rings (SSSR count). The van der Waals surface area contributed by atoms with Crippen LogP contribution in [0.25, 0.3) is 0 Å². The number of rotatable bonds is 5. The van der Waals surface area contributed by atoms with Crippen LogP contribution in [0.3, 0.4) is 0 Å². The zero-order chi connectivity index (χ0) is 21.5. The molecule has 7 nitrogen and oxygen atoms in total. The number of nitrogens with two attached hydrogens (primary N) is 1. The largest absolute Gasteiger partial charge is 0.490 e. The molecule has 0 radical (unpaired) electrons. The summed E-state index contributed by atoms with van der Waals surface area (Å²) in [7, 11) is 0. The van der Waals surface area contributed by atoms with E-state index in [1.165, 1.54) is 5.56 Å². The second-order valence-electron chi connectivity index (χ2n) is 8.05. The highest BCUT2D eigenvalue weighted by Gasteiger charge is 2.22. The predicted octanol–water partition coefficient (Wildman–Crippen LogP) is 3.67. The van der Waals surface area contributed by atoms with Gasteiger partial charge in [-0.3, -0.25) is 4.79 Å². The van der Waals surface area contributed by atoms with Crippen molar-refractivity contribution in [2.75, 3.05) is 38.2 Å². The summed E-state index contributed by atoms with van der Waals surface area (Å²) >= 11 is 0. The fraction of sp³-hybridized carbons (Fsp3) is 0.417. The lowest BCUT2D eigenvalue weighted by Crippen LogP contribution is -2.40. The highest BCUT2D eigenvalue weighted by Crippen LogP contribution is 2.32. The van der Waals surface area contributed by atoms with Crippen LogP contribution in [-0.4, -0.2) is 49.6 Å². The average molecular weight is 550 g/mol. The van der Waals surface area contributed by atoms with Crippen LogP contribution in [0.1, 0.15) is 24.8 Å². The fourth-order valence-corrected chi connectivity index (χ4v) is 4.02. The van der Waals surface area contributed by atoms with Gasteiger partial charge in [-0.05, 0) is 42.9 Å². The van der Waals surface area contributed by atoms with Gasteiger partial charge in [0.2, 0.25) is 5.91 Å². The van der Waals surface area contributed by atoms with Crippen molar-refractivity contribution >= 4 is 41.5 Å². The van der Waals surface area contributed by atoms with Gasteiger partial charge in [0, 0.05) is 31.3 Å². The first-order chi connectivity index (χ1) is 15.2. The maximum atomic E-state index is 12.5. The number of amides is 1. The lowest BCUT2D eigenvalue weighted by molar-refractivity contribution is -0.130. The third kappa shape index (κ3) is 6.75. The van der Waals surface area contributed by atoms with E-state index >= 15 is 0 Å². The van der Waals surface area contributed by atoms with E-state index in [2.05, 4.69) is 34.6 Å². The second-order valence-corrected chi connectivity index (χ2v) is 8.05. The topological polar surface area (TPSA) is 89.2 Å². The molecule has 2 aromatic carbocycles. The number of anilines is 1. The number of fused-ring (bicyclic) bond motifs is 1. The molecule has 2 aliphatic rings. The van der Waals surface area contributed by atoms with Crippen molar-refractivity contribution in [3.8, 4) is 11.5 Å². The smallest absolute Gasteiger partial charge is 0.244 e. The molecular formula is C24H31IN4O3. The molecule has 32 heavy (non-hydrogen) atoms. The molecule has 0 bridgehead atoms. The number of nitrogens with zero attached hydrogens (tertiary/aromatic N) is 2. The van der Waals surface area contributed by atoms with Crippen LogP contribution in [-0.2, 0) is 11.2 Å². The number of carbonyl (C=O) groups excluding carboxylic acids is 1. The van der Waals surface area contributed by atoms with E-state index in [9.17, 15) is 4.79 Å². The molecule has 2 heterocycles. The van der Waals surface area contributed by atoms with Crippen molar-refractivity contribution in [3.63, 3.8) is 0 Å². The maximum absolute atomic E-state index is 12.5. The monoisotopic (exact) mass is 550 g/mol. The molecule has 1 saturated heterocycles. The summed E-state index contributed by atoms with van der Waals surface area (Å²) in [5, 5.41) is 3.03. The molecule has 0 spiro atoms. The van der Waals surface area contributed by atoms with Gasteiger partial charge in [-0.25, -0.2) is 4.99 Å². The zero-order valence-corrected chi connectivity index (χ0v) is 20.5. The third-order valence-corrected chi connectivity index (χ3v) is 5.74. The molecule has 0 atom stereocenters. The number of likely N-dealkylation sites (tertiary alicyclic amines) is 1. The van der Waals surface area contributed by atoms with E-state index in [4.69, 9.17) is 15.2 Å². The number of halogens is 1. The fourth-order valence-electron chi connectivity index (χ4n) is 4.02. The zero-order valence-electron chi connectivity index (χ0n) is 18.2. The summed E-state index contributed by atoms with van der Waals surface area (Å²) in [6.07, 6.45) is 3.98. The number of piperidine rings is 1. The Morgan fingerprint density at radius 1 is 1.06 bits per heavy atom. The van der Waals surface area contributed by atoms with Crippen LogP contribution < -0.4 is 20.5 Å². The number of benzene rings is 2. The first kappa shape index (κ1) is 24.2. The van der Waals surface area contributed by atoms with Gasteiger partial charge in [-0.2, -0.15) is 0 Å². The Hall–Kier alpha value is -2.49. The van der Waals surface area contributed by atoms with Gasteiger partial charge in [-0.15, -0.1) is 24.0 Å². The van der Waals surface area contributed by atoms with E-state index in [1.54, 1.807) is 0 Å². The standard InChI is InChI=1S/C24H30N4O3.HI/c25-24(27-20-7-8-21-22(16-20)31-14-4-13-30-21)26-17-23(29)28-11-9-19(10-12-28)15-18-5-2-1-3-6-18;/h1-3,5-8,16,19H,4,9-15,17H2,(H3,25,26,27);1H. The highest BCUT2D eigenvalue weighted by atomic mass is 127. The molecule has 0 aromatic heterocycles. The molecule has 1 fully saturated rings. The molecule has 0 unspecified atom stereocenters. The summed E-state index contributed by atoms with van der Waals surface area (Å²) in [4.78, 5) is 18.7. The molecule has 172 valence electrons.